The predicted octanol–water partition coefficient (Wildman–Crippen LogP) is 1.54. The number of anilines is 1. The van der Waals surface area contributed by atoms with Gasteiger partial charge < -0.3 is 5.32 Å². The van der Waals surface area contributed by atoms with Gasteiger partial charge in [0.1, 0.15) is 6.54 Å². The first kappa shape index (κ1) is 12.3. The molecule has 0 spiro atoms. The van der Waals surface area contributed by atoms with Gasteiger partial charge in [-0.25, -0.2) is 9.78 Å². The van der Waals surface area contributed by atoms with Gasteiger partial charge in [0.25, 0.3) is 0 Å². The van der Waals surface area contributed by atoms with Crippen molar-refractivity contribution < 1.29 is 4.79 Å². The highest BCUT2D eigenvalue weighted by molar-refractivity contribution is 6.30. The zero-order valence-corrected chi connectivity index (χ0v) is 10.1. The molecule has 2 aromatic rings. The quantitative estimate of drug-likeness (QED) is 0.913. The number of benzene rings is 1. The van der Waals surface area contributed by atoms with E-state index >= 15 is 0 Å². The number of aromatic nitrogens is 2. The lowest BCUT2D eigenvalue weighted by atomic mass is 10.3. The van der Waals surface area contributed by atoms with Crippen molar-refractivity contribution in [1.29, 1.82) is 0 Å². The number of carbonyl (C=O) groups is 1. The van der Waals surface area contributed by atoms with Gasteiger partial charge in [-0.2, -0.15) is 0 Å². The lowest BCUT2D eigenvalue weighted by molar-refractivity contribution is -0.116. The summed E-state index contributed by atoms with van der Waals surface area (Å²) in [5, 5.41) is 3.25. The van der Waals surface area contributed by atoms with Crippen molar-refractivity contribution in [2.24, 2.45) is 0 Å². The highest BCUT2D eigenvalue weighted by Gasteiger charge is 2.04. The Morgan fingerprint density at radius 2 is 2.06 bits per heavy atom. The molecule has 0 atom stereocenters. The van der Waals surface area contributed by atoms with Crippen LogP contribution in [0.2, 0.25) is 5.02 Å². The number of nitrogens with zero attached hydrogens (tertiary/aromatic N) is 2. The summed E-state index contributed by atoms with van der Waals surface area (Å²) in [4.78, 5) is 26.6. The molecule has 0 bridgehead atoms. The molecular formula is C12H10ClN3O2. The molecule has 0 fully saturated rings. The Bertz CT molecular complexity index is 607. The van der Waals surface area contributed by atoms with Crippen LogP contribution in [0.4, 0.5) is 5.69 Å². The Labute approximate surface area is 108 Å². The molecule has 1 aromatic heterocycles. The largest absolute Gasteiger partial charge is 0.347 e. The summed E-state index contributed by atoms with van der Waals surface area (Å²) in [5.74, 6) is -0.299. The minimum absolute atomic E-state index is 0.0741. The molecule has 1 amide bonds. The van der Waals surface area contributed by atoms with Crippen molar-refractivity contribution in [2.45, 2.75) is 6.54 Å². The molecule has 18 heavy (non-hydrogen) atoms. The summed E-state index contributed by atoms with van der Waals surface area (Å²) in [6.45, 7) is -0.0741. The molecule has 0 aliphatic carbocycles. The van der Waals surface area contributed by atoms with Gasteiger partial charge in [-0.15, -0.1) is 0 Å². The van der Waals surface area contributed by atoms with E-state index < -0.39 is 5.69 Å². The summed E-state index contributed by atoms with van der Waals surface area (Å²) in [5.41, 5.74) is 0.171. The molecule has 0 unspecified atom stereocenters. The molecule has 6 heteroatoms. The smallest absolute Gasteiger partial charge is 0.325 e. The number of carbonyl (C=O) groups excluding carboxylic acids is 1. The number of nitrogens with one attached hydrogen (secondary N) is 1. The third-order valence-electron chi connectivity index (χ3n) is 2.22. The van der Waals surface area contributed by atoms with Gasteiger partial charge in [0, 0.05) is 23.1 Å². The fourth-order valence-corrected chi connectivity index (χ4v) is 1.52. The van der Waals surface area contributed by atoms with E-state index in [1.54, 1.807) is 30.3 Å². The molecule has 1 heterocycles. The van der Waals surface area contributed by atoms with E-state index in [2.05, 4.69) is 10.3 Å². The Morgan fingerprint density at radius 1 is 1.33 bits per heavy atom. The van der Waals surface area contributed by atoms with E-state index in [4.69, 9.17) is 11.6 Å². The molecule has 0 radical (unpaired) electrons. The summed E-state index contributed by atoms with van der Waals surface area (Å²) < 4.78 is 1.23. The van der Waals surface area contributed by atoms with E-state index in [0.717, 1.165) is 0 Å². The Kier molecular flexibility index (Phi) is 3.74. The number of amides is 1. The molecule has 0 aliphatic heterocycles. The van der Waals surface area contributed by atoms with Crippen molar-refractivity contribution in [1.82, 2.24) is 9.55 Å². The first-order valence-corrected chi connectivity index (χ1v) is 5.60. The molecule has 2 rings (SSSR count). The van der Waals surface area contributed by atoms with Crippen LogP contribution >= 0.6 is 11.6 Å². The van der Waals surface area contributed by atoms with Crippen molar-refractivity contribution in [3.05, 3.63) is 58.2 Å². The molecule has 5 nitrogen and oxygen atoms in total. The average molecular weight is 264 g/mol. The van der Waals surface area contributed by atoms with Crippen LogP contribution in [-0.2, 0) is 11.3 Å². The van der Waals surface area contributed by atoms with Crippen LogP contribution < -0.4 is 11.0 Å². The zero-order valence-electron chi connectivity index (χ0n) is 9.34. The van der Waals surface area contributed by atoms with Gasteiger partial charge in [-0.1, -0.05) is 11.6 Å². The molecule has 0 aliphatic rings. The topological polar surface area (TPSA) is 64.0 Å². The van der Waals surface area contributed by atoms with Crippen LogP contribution in [0.25, 0.3) is 0 Å². The molecular weight excluding hydrogens is 254 g/mol. The molecule has 0 saturated carbocycles. The van der Waals surface area contributed by atoms with Gasteiger partial charge in [0.2, 0.25) is 5.91 Å². The van der Waals surface area contributed by atoms with Gasteiger partial charge in [-0.3, -0.25) is 9.36 Å². The van der Waals surface area contributed by atoms with Gasteiger partial charge >= 0.3 is 5.69 Å². The number of hydrogen-bond acceptors (Lipinski definition) is 3. The van der Waals surface area contributed by atoms with Crippen molar-refractivity contribution in [2.75, 3.05) is 5.32 Å². The lowest BCUT2D eigenvalue weighted by Gasteiger charge is -2.06. The lowest BCUT2D eigenvalue weighted by Crippen LogP contribution is -2.28. The van der Waals surface area contributed by atoms with E-state index in [1.807, 2.05) is 0 Å². The van der Waals surface area contributed by atoms with E-state index in [0.29, 0.717) is 10.7 Å². The fraction of sp³-hybridized carbons (Fsp3) is 0.0833. The maximum absolute atomic E-state index is 11.7. The van der Waals surface area contributed by atoms with Gasteiger partial charge in [-0.05, 0) is 30.3 Å². The normalized spacial score (nSPS) is 10.1. The number of rotatable bonds is 3. The summed E-state index contributed by atoms with van der Waals surface area (Å²) in [7, 11) is 0. The van der Waals surface area contributed by atoms with Crippen LogP contribution in [0.15, 0.2) is 47.5 Å². The van der Waals surface area contributed by atoms with Crippen molar-refractivity contribution in [3.63, 3.8) is 0 Å². The molecule has 0 saturated heterocycles. The minimum Gasteiger partial charge on any atom is -0.325 e. The Morgan fingerprint density at radius 3 is 2.72 bits per heavy atom. The molecule has 92 valence electrons. The van der Waals surface area contributed by atoms with Crippen LogP contribution in [-0.4, -0.2) is 15.5 Å². The fourth-order valence-electron chi connectivity index (χ4n) is 1.40. The molecule has 1 aromatic carbocycles. The van der Waals surface area contributed by atoms with E-state index in [-0.39, 0.29) is 12.5 Å². The highest BCUT2D eigenvalue weighted by atomic mass is 35.5. The van der Waals surface area contributed by atoms with Crippen LogP contribution in [0.5, 0.6) is 0 Å². The Hall–Kier alpha value is -2.14. The average Bonchev–Trinajstić information content (AvgIpc) is 2.35. The third kappa shape index (κ3) is 3.18. The second-order valence-electron chi connectivity index (χ2n) is 3.59. The van der Waals surface area contributed by atoms with Crippen LogP contribution in [0.1, 0.15) is 0 Å². The zero-order chi connectivity index (χ0) is 13.0. The summed E-state index contributed by atoms with van der Waals surface area (Å²) >= 11 is 5.73. The SMILES string of the molecule is O=C(Cn1cccnc1=O)Nc1ccc(Cl)cc1. The number of halogens is 1. The first-order chi connectivity index (χ1) is 8.65. The predicted molar refractivity (Wildman–Crippen MR) is 68.6 cm³/mol. The van der Waals surface area contributed by atoms with Gasteiger partial charge in [0.15, 0.2) is 0 Å². The number of hydrogen-bond donors (Lipinski definition) is 1. The van der Waals surface area contributed by atoms with E-state index in [9.17, 15) is 9.59 Å². The second kappa shape index (κ2) is 5.46. The standard InChI is InChI=1S/C12H10ClN3O2/c13-9-2-4-10(5-3-9)15-11(17)8-16-7-1-6-14-12(16)18/h1-7H,8H2,(H,15,17). The monoisotopic (exact) mass is 263 g/mol. The highest BCUT2D eigenvalue weighted by Crippen LogP contribution is 2.13. The van der Waals surface area contributed by atoms with Crippen LogP contribution in [0, 0.1) is 0 Å². The maximum Gasteiger partial charge on any atom is 0.347 e. The first-order valence-electron chi connectivity index (χ1n) is 5.22. The van der Waals surface area contributed by atoms with E-state index in [1.165, 1.54) is 17.0 Å². The summed E-state index contributed by atoms with van der Waals surface area (Å²) in [6, 6.07) is 8.32. The second-order valence-corrected chi connectivity index (χ2v) is 4.02. The maximum atomic E-state index is 11.7. The van der Waals surface area contributed by atoms with Crippen molar-refractivity contribution >= 4 is 23.2 Å². The minimum atomic E-state index is -0.455. The summed E-state index contributed by atoms with van der Waals surface area (Å²) in [6.07, 6.45) is 2.90. The van der Waals surface area contributed by atoms with Crippen molar-refractivity contribution in [3.8, 4) is 0 Å². The van der Waals surface area contributed by atoms with Gasteiger partial charge in [0.05, 0.1) is 0 Å². The third-order valence-corrected chi connectivity index (χ3v) is 2.48. The van der Waals surface area contributed by atoms with Crippen LogP contribution in [0.3, 0.4) is 0 Å². The Balaban J connectivity index is 2.03. The molecule has 1 N–H and O–H groups in total.